The zero-order valence-electron chi connectivity index (χ0n) is 10.1. The van der Waals surface area contributed by atoms with Crippen molar-refractivity contribution in [2.45, 2.75) is 38.9 Å². The lowest BCUT2D eigenvalue weighted by Crippen LogP contribution is -2.30. The fourth-order valence-corrected chi connectivity index (χ4v) is 1.87. The molecule has 0 aliphatic carbocycles. The molecule has 1 rings (SSSR count). The summed E-state index contributed by atoms with van der Waals surface area (Å²) in [6, 6.07) is 4.57. The summed E-state index contributed by atoms with van der Waals surface area (Å²) in [5.41, 5.74) is 0.720. The van der Waals surface area contributed by atoms with E-state index in [1.807, 2.05) is 13.8 Å². The highest BCUT2D eigenvalue weighted by molar-refractivity contribution is 6.30. The Balaban J connectivity index is 2.66. The molecule has 0 saturated carbocycles. The van der Waals surface area contributed by atoms with Gasteiger partial charge in [0.15, 0.2) is 0 Å². The third-order valence-electron chi connectivity index (χ3n) is 2.64. The van der Waals surface area contributed by atoms with Crippen molar-refractivity contribution in [2.24, 2.45) is 0 Å². The van der Waals surface area contributed by atoms with Gasteiger partial charge in [0.25, 0.3) is 0 Å². The Bertz CT molecular complexity index is 357. The van der Waals surface area contributed by atoms with E-state index >= 15 is 0 Å². The van der Waals surface area contributed by atoms with Crippen LogP contribution in [0.15, 0.2) is 18.2 Å². The molecule has 2 atom stereocenters. The quantitative estimate of drug-likeness (QED) is 0.851. The minimum Gasteiger partial charge on any atom is -0.390 e. The largest absolute Gasteiger partial charge is 0.390 e. The molecule has 0 spiro atoms. The van der Waals surface area contributed by atoms with Crippen molar-refractivity contribution in [1.29, 1.82) is 0 Å². The highest BCUT2D eigenvalue weighted by Crippen LogP contribution is 2.18. The first-order chi connectivity index (χ1) is 8.08. The molecule has 96 valence electrons. The van der Waals surface area contributed by atoms with E-state index in [0.717, 1.165) is 12.0 Å². The van der Waals surface area contributed by atoms with Crippen molar-refractivity contribution in [3.05, 3.63) is 34.6 Å². The van der Waals surface area contributed by atoms with E-state index in [4.69, 9.17) is 16.3 Å². The number of aliphatic hydroxyl groups excluding tert-OH is 1. The fourth-order valence-electron chi connectivity index (χ4n) is 1.75. The molecule has 1 aromatic carbocycles. The number of aliphatic hydroxyl groups is 1. The number of benzene rings is 1. The predicted molar refractivity (Wildman–Crippen MR) is 66.8 cm³/mol. The molecule has 0 saturated heterocycles. The number of hydrogen-bond acceptors (Lipinski definition) is 2. The van der Waals surface area contributed by atoms with Crippen LogP contribution in [0.3, 0.4) is 0 Å². The van der Waals surface area contributed by atoms with Gasteiger partial charge < -0.3 is 9.84 Å². The number of hydrogen-bond donors (Lipinski definition) is 1. The molecule has 17 heavy (non-hydrogen) atoms. The molecule has 0 aromatic heterocycles. The van der Waals surface area contributed by atoms with Gasteiger partial charge in [0.05, 0.1) is 17.2 Å². The summed E-state index contributed by atoms with van der Waals surface area (Å²) in [5.74, 6) is -0.458. The lowest BCUT2D eigenvalue weighted by molar-refractivity contribution is -0.0334. The lowest BCUT2D eigenvalue weighted by Gasteiger charge is -2.21. The summed E-state index contributed by atoms with van der Waals surface area (Å²) in [6.07, 6.45) is 0.261. The lowest BCUT2D eigenvalue weighted by atomic mass is 10.0. The van der Waals surface area contributed by atoms with Crippen LogP contribution in [0.4, 0.5) is 4.39 Å². The van der Waals surface area contributed by atoms with Crippen molar-refractivity contribution >= 4 is 11.6 Å². The monoisotopic (exact) mass is 260 g/mol. The molecule has 2 nitrogen and oxygen atoms in total. The van der Waals surface area contributed by atoms with E-state index < -0.39 is 11.9 Å². The molecule has 0 radical (unpaired) electrons. The third kappa shape index (κ3) is 4.26. The first-order valence-corrected chi connectivity index (χ1v) is 6.19. The van der Waals surface area contributed by atoms with Crippen molar-refractivity contribution < 1.29 is 14.2 Å². The first-order valence-electron chi connectivity index (χ1n) is 5.82. The van der Waals surface area contributed by atoms with Crippen LogP contribution < -0.4 is 0 Å². The van der Waals surface area contributed by atoms with Gasteiger partial charge in [-0.1, -0.05) is 24.6 Å². The van der Waals surface area contributed by atoms with Crippen LogP contribution in [-0.4, -0.2) is 23.9 Å². The maximum absolute atomic E-state index is 13.2. The third-order valence-corrected chi connectivity index (χ3v) is 2.95. The number of halogens is 2. The number of rotatable bonds is 6. The summed E-state index contributed by atoms with van der Waals surface area (Å²) < 4.78 is 18.6. The second-order valence-electron chi connectivity index (χ2n) is 3.92. The Hall–Kier alpha value is -0.640. The zero-order valence-corrected chi connectivity index (χ0v) is 10.9. The van der Waals surface area contributed by atoms with E-state index in [1.54, 1.807) is 6.07 Å². The summed E-state index contributed by atoms with van der Waals surface area (Å²) in [7, 11) is 0. The maximum Gasteiger partial charge on any atom is 0.142 e. The van der Waals surface area contributed by atoms with Gasteiger partial charge in [0, 0.05) is 13.0 Å². The molecule has 2 unspecified atom stereocenters. The Morgan fingerprint density at radius 2 is 2.12 bits per heavy atom. The minimum absolute atomic E-state index is 0.0973. The Morgan fingerprint density at radius 3 is 2.65 bits per heavy atom. The topological polar surface area (TPSA) is 29.5 Å². The molecule has 0 aliphatic rings. The van der Waals surface area contributed by atoms with Crippen LogP contribution in [0.25, 0.3) is 0 Å². The SMILES string of the molecule is CCOC(CC)C(O)Cc1ccc(Cl)c(F)c1. The van der Waals surface area contributed by atoms with Crippen LogP contribution in [0.1, 0.15) is 25.8 Å². The van der Waals surface area contributed by atoms with Crippen molar-refractivity contribution in [1.82, 2.24) is 0 Å². The smallest absolute Gasteiger partial charge is 0.142 e. The molecule has 1 N–H and O–H groups in total. The van der Waals surface area contributed by atoms with Gasteiger partial charge in [-0.3, -0.25) is 0 Å². The van der Waals surface area contributed by atoms with Crippen LogP contribution in [0.2, 0.25) is 5.02 Å². The average Bonchev–Trinajstić information content (AvgIpc) is 2.30. The van der Waals surface area contributed by atoms with Gasteiger partial charge in [-0.25, -0.2) is 4.39 Å². The van der Waals surface area contributed by atoms with Crippen LogP contribution in [0.5, 0.6) is 0 Å². The normalized spacial score (nSPS) is 14.6. The standard InChI is InChI=1S/C13H18ClFO2/c1-3-13(17-4-2)12(16)8-9-5-6-10(14)11(15)7-9/h5-7,12-13,16H,3-4,8H2,1-2H3. The summed E-state index contributed by atoms with van der Waals surface area (Å²) in [4.78, 5) is 0. The predicted octanol–water partition coefficient (Wildman–Crippen LogP) is 3.20. The highest BCUT2D eigenvalue weighted by Gasteiger charge is 2.18. The highest BCUT2D eigenvalue weighted by atomic mass is 35.5. The molecule has 0 amide bonds. The molecule has 1 aromatic rings. The van der Waals surface area contributed by atoms with Crippen LogP contribution in [-0.2, 0) is 11.2 Å². The van der Waals surface area contributed by atoms with Gasteiger partial charge in [-0.15, -0.1) is 0 Å². The van der Waals surface area contributed by atoms with Gasteiger partial charge >= 0.3 is 0 Å². The molecule has 4 heteroatoms. The molecular weight excluding hydrogens is 243 g/mol. The molecular formula is C13H18ClFO2. The maximum atomic E-state index is 13.2. The second kappa shape index (κ2) is 6.94. The van der Waals surface area contributed by atoms with Crippen LogP contribution >= 0.6 is 11.6 Å². The average molecular weight is 261 g/mol. The van der Waals surface area contributed by atoms with E-state index in [0.29, 0.717) is 13.0 Å². The van der Waals surface area contributed by atoms with Crippen molar-refractivity contribution in [3.8, 4) is 0 Å². The summed E-state index contributed by atoms with van der Waals surface area (Å²) in [5, 5.41) is 10.1. The van der Waals surface area contributed by atoms with Gasteiger partial charge in [0.2, 0.25) is 0 Å². The number of ether oxygens (including phenoxy) is 1. The molecule has 0 heterocycles. The molecule has 0 fully saturated rings. The van der Waals surface area contributed by atoms with Gasteiger partial charge in [0.1, 0.15) is 5.82 Å². The minimum atomic E-state index is -0.625. The van der Waals surface area contributed by atoms with Gasteiger partial charge in [-0.2, -0.15) is 0 Å². The van der Waals surface area contributed by atoms with Crippen molar-refractivity contribution in [3.63, 3.8) is 0 Å². The van der Waals surface area contributed by atoms with E-state index in [1.165, 1.54) is 12.1 Å². The summed E-state index contributed by atoms with van der Waals surface area (Å²) >= 11 is 5.59. The van der Waals surface area contributed by atoms with E-state index in [2.05, 4.69) is 0 Å². The van der Waals surface area contributed by atoms with E-state index in [-0.39, 0.29) is 11.1 Å². The summed E-state index contributed by atoms with van der Waals surface area (Å²) in [6.45, 7) is 4.40. The first kappa shape index (κ1) is 14.4. The van der Waals surface area contributed by atoms with E-state index in [9.17, 15) is 9.50 Å². The second-order valence-corrected chi connectivity index (χ2v) is 4.33. The fraction of sp³-hybridized carbons (Fsp3) is 0.538. The molecule has 0 aliphatic heterocycles. The molecule has 0 bridgehead atoms. The zero-order chi connectivity index (χ0) is 12.8. The van der Waals surface area contributed by atoms with Crippen molar-refractivity contribution in [2.75, 3.05) is 6.61 Å². The Labute approximate surface area is 106 Å². The Morgan fingerprint density at radius 1 is 1.41 bits per heavy atom. The Kier molecular flexibility index (Phi) is 5.89. The van der Waals surface area contributed by atoms with Crippen LogP contribution in [0, 0.1) is 5.82 Å². The van der Waals surface area contributed by atoms with Gasteiger partial charge in [-0.05, 0) is 31.0 Å².